The largest absolute Gasteiger partial charge is 0.453 e. The van der Waals surface area contributed by atoms with Crippen molar-refractivity contribution in [3.8, 4) is 11.3 Å². The van der Waals surface area contributed by atoms with Crippen LogP contribution in [0.15, 0.2) is 53.1 Å². The number of aryl methyl sites for hydroxylation is 1. The number of rotatable bonds is 7. The van der Waals surface area contributed by atoms with Crippen LogP contribution >= 0.6 is 0 Å². The standard InChI is InChI=1S/C22H17F5N2O4/c1-12(21(31)29-17-5-3-2-4-15(17)22(25,26)27)32-20(30)9-8-19-28-11-18(33-19)14-7-6-13(23)10-16(14)24/h2-7,10-12H,8-9H2,1H3,(H,29,31). The first kappa shape index (κ1) is 23.9. The van der Waals surface area contributed by atoms with Gasteiger partial charge in [-0.05, 0) is 31.2 Å². The SMILES string of the molecule is CC(OC(=O)CCc1ncc(-c2ccc(F)cc2F)o1)C(=O)Nc1ccccc1C(F)(F)F. The lowest BCUT2D eigenvalue weighted by molar-refractivity contribution is -0.153. The molecule has 33 heavy (non-hydrogen) atoms. The third-order valence-electron chi connectivity index (χ3n) is 4.46. The molecule has 2 aromatic carbocycles. The van der Waals surface area contributed by atoms with Crippen LogP contribution in [0.2, 0.25) is 0 Å². The number of hydrogen-bond acceptors (Lipinski definition) is 5. The number of carbonyl (C=O) groups is 2. The highest BCUT2D eigenvalue weighted by Gasteiger charge is 2.34. The minimum absolute atomic E-state index is 0.0119. The van der Waals surface area contributed by atoms with Gasteiger partial charge >= 0.3 is 12.1 Å². The van der Waals surface area contributed by atoms with Crippen molar-refractivity contribution in [2.75, 3.05) is 5.32 Å². The topological polar surface area (TPSA) is 81.4 Å². The summed E-state index contributed by atoms with van der Waals surface area (Å²) in [5, 5.41) is 2.10. The summed E-state index contributed by atoms with van der Waals surface area (Å²) in [5.74, 6) is -3.25. The molecule has 3 aromatic rings. The van der Waals surface area contributed by atoms with E-state index in [0.717, 1.165) is 18.2 Å². The minimum Gasteiger partial charge on any atom is -0.453 e. The van der Waals surface area contributed by atoms with Crippen LogP contribution in [0.1, 0.15) is 24.8 Å². The molecule has 1 unspecified atom stereocenters. The van der Waals surface area contributed by atoms with Gasteiger partial charge in [-0.2, -0.15) is 13.2 Å². The molecule has 0 radical (unpaired) electrons. The zero-order valence-electron chi connectivity index (χ0n) is 17.1. The number of nitrogens with zero attached hydrogens (tertiary/aromatic N) is 1. The van der Waals surface area contributed by atoms with Crippen molar-refractivity contribution in [2.24, 2.45) is 0 Å². The van der Waals surface area contributed by atoms with E-state index in [4.69, 9.17) is 9.15 Å². The van der Waals surface area contributed by atoms with Crippen LogP contribution in [0.25, 0.3) is 11.3 Å². The van der Waals surface area contributed by atoms with Crippen molar-refractivity contribution in [3.05, 3.63) is 71.8 Å². The molecule has 174 valence electrons. The highest BCUT2D eigenvalue weighted by molar-refractivity contribution is 5.95. The molecule has 0 spiro atoms. The summed E-state index contributed by atoms with van der Waals surface area (Å²) in [4.78, 5) is 28.1. The lowest BCUT2D eigenvalue weighted by atomic mass is 10.1. The lowest BCUT2D eigenvalue weighted by Gasteiger charge is -2.16. The van der Waals surface area contributed by atoms with Gasteiger partial charge in [-0.3, -0.25) is 9.59 Å². The first-order valence-corrected chi connectivity index (χ1v) is 9.61. The molecule has 0 aliphatic carbocycles. The fourth-order valence-electron chi connectivity index (χ4n) is 2.83. The van der Waals surface area contributed by atoms with Gasteiger partial charge in [0.25, 0.3) is 5.91 Å². The molecule has 6 nitrogen and oxygen atoms in total. The summed E-state index contributed by atoms with van der Waals surface area (Å²) in [6.45, 7) is 1.21. The molecular weight excluding hydrogens is 451 g/mol. The number of para-hydroxylation sites is 1. The first-order valence-electron chi connectivity index (χ1n) is 9.61. The fraction of sp³-hybridized carbons (Fsp3) is 0.227. The van der Waals surface area contributed by atoms with Crippen LogP contribution < -0.4 is 5.32 Å². The van der Waals surface area contributed by atoms with Crippen LogP contribution in [0.5, 0.6) is 0 Å². The average Bonchev–Trinajstić information content (AvgIpc) is 3.20. The van der Waals surface area contributed by atoms with Gasteiger partial charge in [0.15, 0.2) is 17.8 Å². The number of amides is 1. The molecule has 1 aromatic heterocycles. The van der Waals surface area contributed by atoms with Crippen molar-refractivity contribution in [1.82, 2.24) is 4.98 Å². The van der Waals surface area contributed by atoms with E-state index in [2.05, 4.69) is 10.3 Å². The number of nitrogens with one attached hydrogen (secondary N) is 1. The summed E-state index contributed by atoms with van der Waals surface area (Å²) in [7, 11) is 0. The van der Waals surface area contributed by atoms with Crippen LogP contribution in [-0.2, 0) is 26.9 Å². The second-order valence-electron chi connectivity index (χ2n) is 6.91. The number of halogens is 5. The van der Waals surface area contributed by atoms with Gasteiger partial charge in [-0.15, -0.1) is 0 Å². The molecule has 1 N–H and O–H groups in total. The number of alkyl halides is 3. The maximum absolute atomic E-state index is 13.8. The van der Waals surface area contributed by atoms with Gasteiger partial charge in [0.05, 0.1) is 29.4 Å². The van der Waals surface area contributed by atoms with Crippen molar-refractivity contribution in [3.63, 3.8) is 0 Å². The van der Waals surface area contributed by atoms with Crippen LogP contribution in [0.3, 0.4) is 0 Å². The Morgan fingerprint density at radius 2 is 1.88 bits per heavy atom. The average molecular weight is 468 g/mol. The Bertz CT molecular complexity index is 1160. The molecule has 3 rings (SSSR count). The number of esters is 1. The second-order valence-corrected chi connectivity index (χ2v) is 6.91. The molecule has 1 atom stereocenters. The Morgan fingerprint density at radius 3 is 2.58 bits per heavy atom. The van der Waals surface area contributed by atoms with Crippen molar-refractivity contribution in [1.29, 1.82) is 0 Å². The fourth-order valence-corrected chi connectivity index (χ4v) is 2.83. The number of aromatic nitrogens is 1. The molecule has 0 saturated carbocycles. The van der Waals surface area contributed by atoms with Gasteiger partial charge in [-0.1, -0.05) is 12.1 Å². The number of hydrogen-bond donors (Lipinski definition) is 1. The molecule has 1 amide bonds. The maximum Gasteiger partial charge on any atom is 0.418 e. The zero-order chi connectivity index (χ0) is 24.2. The Morgan fingerprint density at radius 1 is 1.15 bits per heavy atom. The summed E-state index contributed by atoms with van der Waals surface area (Å²) in [6, 6.07) is 7.32. The highest BCUT2D eigenvalue weighted by Crippen LogP contribution is 2.34. The summed E-state index contributed by atoms with van der Waals surface area (Å²) in [5.41, 5.74) is -1.51. The van der Waals surface area contributed by atoms with E-state index in [9.17, 15) is 31.5 Å². The van der Waals surface area contributed by atoms with Gasteiger partial charge in [-0.25, -0.2) is 13.8 Å². The quantitative estimate of drug-likeness (QED) is 0.384. The third kappa shape index (κ3) is 6.15. The summed E-state index contributed by atoms with van der Waals surface area (Å²) >= 11 is 0. The highest BCUT2D eigenvalue weighted by atomic mass is 19.4. The van der Waals surface area contributed by atoms with E-state index in [1.807, 2.05) is 0 Å². The van der Waals surface area contributed by atoms with Crippen molar-refractivity contribution in [2.45, 2.75) is 32.0 Å². The minimum atomic E-state index is -4.67. The molecule has 1 heterocycles. The predicted octanol–water partition coefficient (Wildman–Crippen LogP) is 5.14. The summed E-state index contributed by atoms with van der Waals surface area (Å²) in [6.07, 6.45) is -5.14. The van der Waals surface area contributed by atoms with Gasteiger partial charge in [0, 0.05) is 12.5 Å². The normalized spacial score (nSPS) is 12.3. The van der Waals surface area contributed by atoms with Gasteiger partial charge in [0.2, 0.25) is 0 Å². The molecular formula is C22H17F5N2O4. The number of anilines is 1. The van der Waals surface area contributed by atoms with E-state index in [0.29, 0.717) is 6.07 Å². The Balaban J connectivity index is 1.54. The second kappa shape index (κ2) is 9.80. The first-order chi connectivity index (χ1) is 15.5. The van der Waals surface area contributed by atoms with Gasteiger partial charge < -0.3 is 14.5 Å². The third-order valence-corrected chi connectivity index (χ3v) is 4.46. The number of carbonyl (C=O) groups excluding carboxylic acids is 2. The van der Waals surface area contributed by atoms with Crippen LogP contribution in [0, 0.1) is 11.6 Å². The van der Waals surface area contributed by atoms with Crippen LogP contribution in [-0.4, -0.2) is 23.0 Å². The van der Waals surface area contributed by atoms with E-state index in [1.54, 1.807) is 0 Å². The van der Waals surface area contributed by atoms with Gasteiger partial charge in [0.1, 0.15) is 11.6 Å². The smallest absolute Gasteiger partial charge is 0.418 e. The predicted molar refractivity (Wildman–Crippen MR) is 106 cm³/mol. The Kier molecular flexibility index (Phi) is 7.10. The number of ether oxygens (including phenoxy) is 1. The van der Waals surface area contributed by atoms with Crippen LogP contribution in [0.4, 0.5) is 27.6 Å². The maximum atomic E-state index is 13.8. The molecule has 0 fully saturated rings. The summed E-state index contributed by atoms with van der Waals surface area (Å²) < 4.78 is 76.2. The van der Waals surface area contributed by atoms with Crippen molar-refractivity contribution < 1.29 is 40.7 Å². The lowest BCUT2D eigenvalue weighted by Crippen LogP contribution is -2.30. The van der Waals surface area contributed by atoms with E-state index >= 15 is 0 Å². The van der Waals surface area contributed by atoms with E-state index < -0.39 is 47.0 Å². The molecule has 0 aliphatic heterocycles. The number of oxazole rings is 1. The van der Waals surface area contributed by atoms with Crippen molar-refractivity contribution >= 4 is 17.6 Å². The van der Waals surface area contributed by atoms with E-state index in [1.165, 1.54) is 31.3 Å². The molecule has 0 aliphatic rings. The Labute approximate surface area is 184 Å². The zero-order valence-corrected chi connectivity index (χ0v) is 17.1. The molecule has 0 bridgehead atoms. The van der Waals surface area contributed by atoms with E-state index in [-0.39, 0.29) is 30.1 Å². The molecule has 11 heteroatoms. The monoisotopic (exact) mass is 468 g/mol. The number of benzene rings is 2. The molecule has 0 saturated heterocycles. The Hall–Kier alpha value is -3.76.